The monoisotopic (exact) mass is 401 g/mol. The second-order valence-electron chi connectivity index (χ2n) is 7.68. The Morgan fingerprint density at radius 3 is 2.29 bits per heavy atom. The SMILES string of the molecule is CC(C)(C)OOCC1(OOC(C)(C)C)C(=O)Nc2c(Br)cccc21. The summed E-state index contributed by atoms with van der Waals surface area (Å²) >= 11 is 3.43. The van der Waals surface area contributed by atoms with Crippen LogP contribution in [0.1, 0.15) is 47.1 Å². The summed E-state index contributed by atoms with van der Waals surface area (Å²) in [6.07, 6.45) is 0. The van der Waals surface area contributed by atoms with Crippen LogP contribution in [0, 0.1) is 0 Å². The van der Waals surface area contributed by atoms with Crippen molar-refractivity contribution < 1.29 is 24.3 Å². The van der Waals surface area contributed by atoms with Gasteiger partial charge in [-0.1, -0.05) is 12.1 Å². The minimum Gasteiger partial charge on any atom is -0.322 e. The lowest BCUT2D eigenvalue weighted by Gasteiger charge is -2.30. The Morgan fingerprint density at radius 1 is 1.08 bits per heavy atom. The molecule has 7 heteroatoms. The summed E-state index contributed by atoms with van der Waals surface area (Å²) in [6, 6.07) is 5.46. The zero-order valence-corrected chi connectivity index (χ0v) is 16.4. The topological polar surface area (TPSA) is 66.0 Å². The summed E-state index contributed by atoms with van der Waals surface area (Å²) in [5, 5.41) is 2.81. The molecule has 1 unspecified atom stereocenters. The standard InChI is InChI=1S/C17H24BrNO5/c1-15(2,3)22-21-10-17(24-23-16(4,5)6)11-8-7-9-12(18)13(11)19-14(17)20/h7-9H,10H2,1-6H3,(H,19,20). The third-order valence-electron chi connectivity index (χ3n) is 3.06. The van der Waals surface area contributed by atoms with Gasteiger partial charge in [0.1, 0.15) is 6.61 Å². The highest BCUT2D eigenvalue weighted by Gasteiger charge is 2.52. The summed E-state index contributed by atoms with van der Waals surface area (Å²) in [4.78, 5) is 34.4. The Balaban J connectivity index is 2.33. The second kappa shape index (κ2) is 6.72. The normalized spacial score (nSPS) is 20.9. The number of fused-ring (bicyclic) bond motifs is 1. The molecule has 0 radical (unpaired) electrons. The molecule has 1 aromatic rings. The van der Waals surface area contributed by atoms with Crippen molar-refractivity contribution in [2.45, 2.75) is 58.3 Å². The van der Waals surface area contributed by atoms with E-state index in [9.17, 15) is 4.79 Å². The van der Waals surface area contributed by atoms with Gasteiger partial charge in [0, 0.05) is 10.0 Å². The predicted octanol–water partition coefficient (Wildman–Crippen LogP) is 4.09. The molecule has 6 nitrogen and oxygen atoms in total. The first-order chi connectivity index (χ1) is 10.9. The van der Waals surface area contributed by atoms with E-state index in [1.165, 1.54) is 0 Å². The maximum atomic E-state index is 12.7. The van der Waals surface area contributed by atoms with Gasteiger partial charge in [-0.15, -0.1) is 0 Å². The smallest absolute Gasteiger partial charge is 0.267 e. The van der Waals surface area contributed by atoms with Gasteiger partial charge in [-0.3, -0.25) is 4.79 Å². The van der Waals surface area contributed by atoms with Gasteiger partial charge in [0.2, 0.25) is 5.60 Å². The number of hydrogen-bond acceptors (Lipinski definition) is 5. The van der Waals surface area contributed by atoms with Crippen LogP contribution in [0.15, 0.2) is 22.7 Å². The van der Waals surface area contributed by atoms with Crippen LogP contribution < -0.4 is 5.32 Å². The number of para-hydroxylation sites is 1. The molecule has 0 saturated heterocycles. The number of carbonyl (C=O) groups excluding carboxylic acids is 1. The van der Waals surface area contributed by atoms with Crippen molar-refractivity contribution in [1.29, 1.82) is 0 Å². The maximum absolute atomic E-state index is 12.7. The number of halogens is 1. The van der Waals surface area contributed by atoms with E-state index in [4.69, 9.17) is 19.6 Å². The summed E-state index contributed by atoms with van der Waals surface area (Å²) in [6.45, 7) is 10.9. The van der Waals surface area contributed by atoms with Crippen molar-refractivity contribution in [2.75, 3.05) is 11.9 Å². The fourth-order valence-corrected chi connectivity index (χ4v) is 2.53. The van der Waals surface area contributed by atoms with E-state index < -0.39 is 16.8 Å². The molecule has 1 N–H and O–H groups in total. The molecule has 24 heavy (non-hydrogen) atoms. The Morgan fingerprint density at radius 2 is 1.71 bits per heavy atom. The van der Waals surface area contributed by atoms with Crippen molar-refractivity contribution in [1.82, 2.24) is 0 Å². The molecule has 1 aromatic carbocycles. The molecule has 0 aromatic heterocycles. The molecule has 1 atom stereocenters. The number of carbonyl (C=O) groups is 1. The van der Waals surface area contributed by atoms with Crippen molar-refractivity contribution in [3.05, 3.63) is 28.2 Å². The van der Waals surface area contributed by atoms with Crippen LogP contribution in [0.4, 0.5) is 5.69 Å². The van der Waals surface area contributed by atoms with E-state index in [2.05, 4.69) is 21.2 Å². The Bertz CT molecular complexity index is 620. The number of anilines is 1. The van der Waals surface area contributed by atoms with E-state index in [0.717, 1.165) is 4.47 Å². The van der Waals surface area contributed by atoms with Gasteiger partial charge in [0.05, 0.1) is 16.9 Å². The fourth-order valence-electron chi connectivity index (χ4n) is 2.06. The van der Waals surface area contributed by atoms with Crippen molar-refractivity contribution in [3.63, 3.8) is 0 Å². The fraction of sp³-hybridized carbons (Fsp3) is 0.588. The van der Waals surface area contributed by atoms with Gasteiger partial charge in [0.15, 0.2) is 0 Å². The second-order valence-corrected chi connectivity index (χ2v) is 8.53. The van der Waals surface area contributed by atoms with Gasteiger partial charge < -0.3 is 5.32 Å². The minimum atomic E-state index is -1.45. The van der Waals surface area contributed by atoms with Crippen LogP contribution in [-0.2, 0) is 29.9 Å². The Kier molecular flexibility index (Phi) is 5.42. The van der Waals surface area contributed by atoms with Crippen LogP contribution >= 0.6 is 15.9 Å². The first-order valence-corrected chi connectivity index (χ1v) is 8.52. The van der Waals surface area contributed by atoms with E-state index in [-0.39, 0.29) is 12.5 Å². The van der Waals surface area contributed by atoms with Crippen molar-refractivity contribution in [2.24, 2.45) is 0 Å². The largest absolute Gasteiger partial charge is 0.322 e. The summed E-state index contributed by atoms with van der Waals surface area (Å²) in [7, 11) is 0. The van der Waals surface area contributed by atoms with Gasteiger partial charge >= 0.3 is 0 Å². The van der Waals surface area contributed by atoms with E-state index >= 15 is 0 Å². The predicted molar refractivity (Wildman–Crippen MR) is 93.2 cm³/mol. The molecule has 1 amide bonds. The van der Waals surface area contributed by atoms with Crippen LogP contribution in [0.25, 0.3) is 0 Å². The summed E-state index contributed by atoms with van der Waals surface area (Å²) in [5.74, 6) is -0.369. The zero-order valence-electron chi connectivity index (χ0n) is 14.9. The van der Waals surface area contributed by atoms with E-state index in [1.807, 2.05) is 53.7 Å². The lowest BCUT2D eigenvalue weighted by atomic mass is 9.96. The van der Waals surface area contributed by atoms with Crippen molar-refractivity contribution >= 4 is 27.5 Å². The number of hydrogen-bond donors (Lipinski definition) is 1. The molecule has 134 valence electrons. The quantitative estimate of drug-likeness (QED) is 0.594. The molecular formula is C17H24BrNO5. The van der Waals surface area contributed by atoms with Crippen LogP contribution in [-0.4, -0.2) is 23.7 Å². The number of nitrogens with one attached hydrogen (secondary N) is 1. The molecule has 0 fully saturated rings. The van der Waals surface area contributed by atoms with Gasteiger partial charge in [0.25, 0.3) is 5.91 Å². The van der Waals surface area contributed by atoms with Crippen LogP contribution in [0.2, 0.25) is 0 Å². The zero-order chi connectivity index (χ0) is 18.2. The van der Waals surface area contributed by atoms with E-state index in [0.29, 0.717) is 11.3 Å². The number of benzene rings is 1. The third-order valence-corrected chi connectivity index (χ3v) is 3.72. The molecule has 1 aliphatic rings. The van der Waals surface area contributed by atoms with Gasteiger partial charge in [-0.25, -0.2) is 19.6 Å². The average molecular weight is 402 g/mol. The first-order valence-electron chi connectivity index (χ1n) is 7.73. The maximum Gasteiger partial charge on any atom is 0.267 e. The lowest BCUT2D eigenvalue weighted by molar-refractivity contribution is -0.431. The highest BCUT2D eigenvalue weighted by Crippen LogP contribution is 2.43. The molecule has 0 bridgehead atoms. The molecule has 0 spiro atoms. The molecule has 0 aliphatic carbocycles. The number of amides is 1. The first kappa shape index (κ1) is 19.3. The molecule has 1 heterocycles. The van der Waals surface area contributed by atoms with E-state index in [1.54, 1.807) is 6.07 Å². The minimum absolute atomic E-state index is 0.143. The highest BCUT2D eigenvalue weighted by atomic mass is 79.9. The molecular weight excluding hydrogens is 378 g/mol. The summed E-state index contributed by atoms with van der Waals surface area (Å²) < 4.78 is 0.756. The van der Waals surface area contributed by atoms with Crippen molar-refractivity contribution in [3.8, 4) is 0 Å². The molecule has 1 aliphatic heterocycles. The Labute approximate surface area is 150 Å². The van der Waals surface area contributed by atoms with Gasteiger partial charge in [-0.05, 0) is 63.5 Å². The lowest BCUT2D eigenvalue weighted by Crippen LogP contribution is -2.44. The highest BCUT2D eigenvalue weighted by molar-refractivity contribution is 9.10. The summed E-state index contributed by atoms with van der Waals surface area (Å²) in [5.41, 5.74) is -1.28. The third kappa shape index (κ3) is 4.34. The van der Waals surface area contributed by atoms with Crippen LogP contribution in [0.3, 0.4) is 0 Å². The average Bonchev–Trinajstić information content (AvgIpc) is 2.70. The number of rotatable bonds is 5. The van der Waals surface area contributed by atoms with Gasteiger partial charge in [-0.2, -0.15) is 0 Å². The molecule has 0 saturated carbocycles. The Hall–Kier alpha value is -0.990. The molecule has 2 rings (SSSR count). The van der Waals surface area contributed by atoms with Crippen LogP contribution in [0.5, 0.6) is 0 Å².